The van der Waals surface area contributed by atoms with Crippen molar-refractivity contribution < 1.29 is 14.3 Å². The van der Waals surface area contributed by atoms with E-state index in [1.807, 2.05) is 25.1 Å². The molecule has 1 aromatic rings. The maximum absolute atomic E-state index is 12.6. The fourth-order valence-corrected chi connectivity index (χ4v) is 3.09. The first kappa shape index (κ1) is 15.7. The highest BCUT2D eigenvalue weighted by Gasteiger charge is 2.41. The Hall–Kier alpha value is -1.68. The van der Waals surface area contributed by atoms with Crippen molar-refractivity contribution in [2.24, 2.45) is 0 Å². The molecule has 1 aliphatic heterocycles. The molecule has 2 rings (SSSR count). The number of carbonyl (C=O) groups excluding carboxylic acids is 2. The topological polar surface area (TPSA) is 46.6 Å². The summed E-state index contributed by atoms with van der Waals surface area (Å²) >= 11 is 0. The van der Waals surface area contributed by atoms with Gasteiger partial charge in [-0.2, -0.15) is 0 Å². The molecular formula is C17H23NO3. The van der Waals surface area contributed by atoms with Crippen LogP contribution in [0.1, 0.15) is 38.7 Å². The average Bonchev–Trinajstić information content (AvgIpc) is 2.47. The summed E-state index contributed by atoms with van der Waals surface area (Å²) in [4.78, 5) is 26.0. The van der Waals surface area contributed by atoms with Crippen LogP contribution in [0.5, 0.6) is 5.75 Å². The second-order valence-corrected chi connectivity index (χ2v) is 5.78. The molecule has 0 aliphatic carbocycles. The molecule has 0 bridgehead atoms. The van der Waals surface area contributed by atoms with E-state index in [0.29, 0.717) is 12.2 Å². The zero-order chi connectivity index (χ0) is 15.5. The van der Waals surface area contributed by atoms with Gasteiger partial charge in [0.2, 0.25) is 0 Å². The highest BCUT2D eigenvalue weighted by atomic mass is 16.5. The van der Waals surface area contributed by atoms with Crippen LogP contribution in [0.4, 0.5) is 0 Å². The Morgan fingerprint density at radius 3 is 2.52 bits per heavy atom. The van der Waals surface area contributed by atoms with Crippen LogP contribution in [0.2, 0.25) is 0 Å². The minimum Gasteiger partial charge on any atom is -0.427 e. The third-order valence-electron chi connectivity index (χ3n) is 4.34. The number of esters is 1. The van der Waals surface area contributed by atoms with E-state index in [2.05, 4.69) is 11.9 Å². The Labute approximate surface area is 126 Å². The summed E-state index contributed by atoms with van der Waals surface area (Å²) in [5, 5.41) is 0. The third kappa shape index (κ3) is 3.32. The van der Waals surface area contributed by atoms with Crippen molar-refractivity contribution in [1.29, 1.82) is 0 Å². The summed E-state index contributed by atoms with van der Waals surface area (Å²) in [5.74, 6) is 0.448. The SMILES string of the molecule is CCC(=O)C1(c2cccc(OC(C)=O)c2)CCN(C)CC1. The summed E-state index contributed by atoms with van der Waals surface area (Å²) in [6, 6.07) is 7.44. The summed E-state index contributed by atoms with van der Waals surface area (Å²) in [7, 11) is 2.08. The number of hydrogen-bond donors (Lipinski definition) is 0. The molecule has 1 aliphatic rings. The lowest BCUT2D eigenvalue weighted by Gasteiger charge is -2.40. The molecule has 0 unspecified atom stereocenters. The Kier molecular flexibility index (Phi) is 4.78. The van der Waals surface area contributed by atoms with E-state index in [-0.39, 0.29) is 11.8 Å². The molecule has 114 valence electrons. The number of hydrogen-bond acceptors (Lipinski definition) is 4. The number of Topliss-reactive ketones (excluding diaryl/α,β-unsaturated/α-hetero) is 1. The van der Waals surface area contributed by atoms with Gasteiger partial charge < -0.3 is 9.64 Å². The van der Waals surface area contributed by atoms with Crippen molar-refractivity contribution in [1.82, 2.24) is 4.90 Å². The molecule has 0 amide bonds. The summed E-state index contributed by atoms with van der Waals surface area (Å²) in [5.41, 5.74) is 0.540. The molecule has 1 fully saturated rings. The first-order valence-electron chi connectivity index (χ1n) is 7.49. The van der Waals surface area contributed by atoms with E-state index in [1.54, 1.807) is 6.07 Å². The molecule has 0 N–H and O–H groups in total. The van der Waals surface area contributed by atoms with Gasteiger partial charge in [-0.3, -0.25) is 9.59 Å². The maximum atomic E-state index is 12.6. The number of piperidine rings is 1. The van der Waals surface area contributed by atoms with Gasteiger partial charge in [-0.25, -0.2) is 0 Å². The molecule has 4 heteroatoms. The fraction of sp³-hybridized carbons (Fsp3) is 0.529. The van der Waals surface area contributed by atoms with Gasteiger partial charge in [0, 0.05) is 13.3 Å². The van der Waals surface area contributed by atoms with Gasteiger partial charge in [-0.05, 0) is 50.7 Å². The smallest absolute Gasteiger partial charge is 0.308 e. The molecule has 1 heterocycles. The van der Waals surface area contributed by atoms with Crippen molar-refractivity contribution >= 4 is 11.8 Å². The molecule has 1 aromatic carbocycles. The minimum absolute atomic E-state index is 0.274. The number of likely N-dealkylation sites (tertiary alicyclic amines) is 1. The first-order chi connectivity index (χ1) is 9.98. The lowest BCUT2D eigenvalue weighted by Crippen LogP contribution is -2.46. The van der Waals surface area contributed by atoms with Crippen LogP contribution in [0.3, 0.4) is 0 Å². The molecule has 1 saturated heterocycles. The van der Waals surface area contributed by atoms with E-state index in [4.69, 9.17) is 4.74 Å². The average molecular weight is 289 g/mol. The Morgan fingerprint density at radius 2 is 1.95 bits per heavy atom. The summed E-state index contributed by atoms with van der Waals surface area (Å²) < 4.78 is 5.16. The monoisotopic (exact) mass is 289 g/mol. The van der Waals surface area contributed by atoms with Crippen molar-refractivity contribution in [3.63, 3.8) is 0 Å². The van der Waals surface area contributed by atoms with Crippen molar-refractivity contribution in [2.45, 2.75) is 38.5 Å². The lowest BCUT2D eigenvalue weighted by atomic mass is 9.69. The van der Waals surface area contributed by atoms with Crippen LogP contribution < -0.4 is 4.74 Å². The molecular weight excluding hydrogens is 266 g/mol. The molecule has 0 atom stereocenters. The van der Waals surface area contributed by atoms with Crippen LogP contribution in [-0.2, 0) is 15.0 Å². The maximum Gasteiger partial charge on any atom is 0.308 e. The van der Waals surface area contributed by atoms with Gasteiger partial charge in [0.05, 0.1) is 5.41 Å². The standard InChI is InChI=1S/C17H23NO3/c1-4-16(20)17(8-10-18(3)11-9-17)14-6-5-7-15(12-14)21-13(2)19/h5-7,12H,4,8-11H2,1-3H3. The largest absolute Gasteiger partial charge is 0.427 e. The molecule has 21 heavy (non-hydrogen) atoms. The second-order valence-electron chi connectivity index (χ2n) is 5.78. The summed E-state index contributed by atoms with van der Waals surface area (Å²) in [6.45, 7) is 5.11. The van der Waals surface area contributed by atoms with Gasteiger partial charge >= 0.3 is 5.97 Å². The molecule has 0 radical (unpaired) electrons. The summed E-state index contributed by atoms with van der Waals surface area (Å²) in [6.07, 6.45) is 2.17. The number of benzene rings is 1. The Bertz CT molecular complexity index is 531. The van der Waals surface area contributed by atoms with E-state index >= 15 is 0 Å². The predicted molar refractivity (Wildman–Crippen MR) is 81.5 cm³/mol. The lowest BCUT2D eigenvalue weighted by molar-refractivity contribution is -0.131. The quantitative estimate of drug-likeness (QED) is 0.631. The van der Waals surface area contributed by atoms with E-state index in [9.17, 15) is 9.59 Å². The number of ketones is 1. The first-order valence-corrected chi connectivity index (χ1v) is 7.49. The van der Waals surface area contributed by atoms with Crippen molar-refractivity contribution in [2.75, 3.05) is 20.1 Å². The Balaban J connectivity index is 2.37. The number of nitrogens with zero attached hydrogens (tertiary/aromatic N) is 1. The van der Waals surface area contributed by atoms with E-state index in [1.165, 1.54) is 6.92 Å². The van der Waals surface area contributed by atoms with Gasteiger partial charge in [0.1, 0.15) is 11.5 Å². The predicted octanol–water partition coefficient (Wildman–Crippen LogP) is 2.55. The van der Waals surface area contributed by atoms with Gasteiger partial charge in [0.25, 0.3) is 0 Å². The number of rotatable bonds is 4. The normalized spacial score (nSPS) is 18.2. The molecule has 0 spiro atoms. The zero-order valence-corrected chi connectivity index (χ0v) is 13.0. The molecule has 0 saturated carbocycles. The number of ether oxygens (including phenoxy) is 1. The minimum atomic E-state index is -0.433. The zero-order valence-electron chi connectivity index (χ0n) is 13.0. The van der Waals surface area contributed by atoms with Crippen LogP contribution in [-0.4, -0.2) is 36.8 Å². The van der Waals surface area contributed by atoms with Crippen LogP contribution >= 0.6 is 0 Å². The fourth-order valence-electron chi connectivity index (χ4n) is 3.09. The third-order valence-corrected chi connectivity index (χ3v) is 4.34. The van der Waals surface area contributed by atoms with Gasteiger partial charge in [-0.15, -0.1) is 0 Å². The van der Waals surface area contributed by atoms with Crippen molar-refractivity contribution in [3.05, 3.63) is 29.8 Å². The number of carbonyl (C=O) groups is 2. The molecule has 0 aromatic heterocycles. The van der Waals surface area contributed by atoms with E-state index < -0.39 is 5.41 Å². The Morgan fingerprint density at radius 1 is 1.29 bits per heavy atom. The highest BCUT2D eigenvalue weighted by molar-refractivity contribution is 5.90. The second kappa shape index (κ2) is 6.39. The molecule has 4 nitrogen and oxygen atoms in total. The highest BCUT2D eigenvalue weighted by Crippen LogP contribution is 2.38. The van der Waals surface area contributed by atoms with Crippen LogP contribution in [0, 0.1) is 0 Å². The van der Waals surface area contributed by atoms with Crippen LogP contribution in [0.15, 0.2) is 24.3 Å². The van der Waals surface area contributed by atoms with Gasteiger partial charge in [0.15, 0.2) is 0 Å². The van der Waals surface area contributed by atoms with Crippen molar-refractivity contribution in [3.8, 4) is 5.75 Å². The van der Waals surface area contributed by atoms with Crippen LogP contribution in [0.25, 0.3) is 0 Å². The van der Waals surface area contributed by atoms with Gasteiger partial charge in [-0.1, -0.05) is 19.1 Å². The van der Waals surface area contributed by atoms with E-state index in [0.717, 1.165) is 31.5 Å².